The number of likely N-dealkylation sites (tertiary alicyclic amines) is 1. The van der Waals surface area contributed by atoms with Gasteiger partial charge in [-0.25, -0.2) is 14.4 Å². The minimum absolute atomic E-state index is 0.208. The Balaban J connectivity index is 1.68. The van der Waals surface area contributed by atoms with Gasteiger partial charge in [0.1, 0.15) is 0 Å². The second-order valence-electron chi connectivity index (χ2n) is 6.31. The average Bonchev–Trinajstić information content (AvgIpc) is 2.89. The first-order valence-electron chi connectivity index (χ1n) is 7.71. The third-order valence-corrected chi connectivity index (χ3v) is 4.26. The Hall–Kier alpha value is -1.27. The first-order valence-corrected chi connectivity index (χ1v) is 7.71. The Morgan fingerprint density at radius 1 is 1.33 bits per heavy atom. The molecule has 3 heterocycles. The average molecular weight is 294 g/mol. The third-order valence-electron chi connectivity index (χ3n) is 4.26. The Morgan fingerprint density at radius 2 is 2.10 bits per heavy atom. The maximum absolute atomic E-state index is 13.0. The van der Waals surface area contributed by atoms with Gasteiger partial charge in [-0.05, 0) is 18.9 Å². The predicted molar refractivity (Wildman–Crippen MR) is 78.8 cm³/mol. The van der Waals surface area contributed by atoms with Crippen LogP contribution >= 0.6 is 0 Å². The van der Waals surface area contributed by atoms with Gasteiger partial charge in [-0.1, -0.05) is 13.8 Å². The maximum atomic E-state index is 13.0. The van der Waals surface area contributed by atoms with E-state index < -0.39 is 5.82 Å². The summed E-state index contributed by atoms with van der Waals surface area (Å²) in [5.74, 6) is 0.930. The summed E-state index contributed by atoms with van der Waals surface area (Å²) in [6, 6.07) is 0.274. The fraction of sp³-hybridized carbons (Fsp3) is 0.733. The summed E-state index contributed by atoms with van der Waals surface area (Å²) in [4.78, 5) is 12.9. The lowest BCUT2D eigenvalue weighted by atomic mass is 10.1. The van der Waals surface area contributed by atoms with Gasteiger partial charge in [-0.2, -0.15) is 0 Å². The monoisotopic (exact) mass is 294 g/mol. The van der Waals surface area contributed by atoms with Gasteiger partial charge in [-0.15, -0.1) is 0 Å². The van der Waals surface area contributed by atoms with Crippen molar-refractivity contribution < 1.29 is 9.13 Å². The molecule has 0 saturated carbocycles. The molecule has 0 N–H and O–H groups in total. The van der Waals surface area contributed by atoms with Crippen LogP contribution in [0.2, 0.25) is 0 Å². The van der Waals surface area contributed by atoms with Crippen molar-refractivity contribution in [2.75, 3.05) is 37.7 Å². The number of ether oxygens (including phenoxy) is 1. The molecule has 1 aromatic rings. The van der Waals surface area contributed by atoms with Crippen molar-refractivity contribution in [2.24, 2.45) is 5.92 Å². The standard InChI is InChI=1S/C15H23FN4O/c1-11(2)3-4-19-9-13-14(10-19)21-6-5-20(13)15-17-7-12(16)8-18-15/h7-8,11,13-14H,3-6,9-10H2,1-2H3/t13-,14+/m1/s1. The molecule has 2 atom stereocenters. The number of aromatic nitrogens is 2. The van der Waals surface area contributed by atoms with Gasteiger partial charge in [-0.3, -0.25) is 4.90 Å². The van der Waals surface area contributed by atoms with Crippen molar-refractivity contribution in [1.29, 1.82) is 0 Å². The molecule has 0 amide bonds. The van der Waals surface area contributed by atoms with Gasteiger partial charge >= 0.3 is 0 Å². The highest BCUT2D eigenvalue weighted by Gasteiger charge is 2.40. The number of halogens is 1. The van der Waals surface area contributed by atoms with Crippen LogP contribution in [0, 0.1) is 11.7 Å². The van der Waals surface area contributed by atoms with E-state index >= 15 is 0 Å². The van der Waals surface area contributed by atoms with Crippen LogP contribution in [0.25, 0.3) is 0 Å². The molecule has 0 spiro atoms. The third kappa shape index (κ3) is 3.32. The minimum atomic E-state index is -0.395. The highest BCUT2D eigenvalue weighted by molar-refractivity contribution is 5.33. The van der Waals surface area contributed by atoms with E-state index in [2.05, 4.69) is 33.6 Å². The van der Waals surface area contributed by atoms with Crippen molar-refractivity contribution in [2.45, 2.75) is 32.4 Å². The molecule has 0 aromatic carbocycles. The molecule has 0 aliphatic carbocycles. The van der Waals surface area contributed by atoms with Gasteiger partial charge in [0.2, 0.25) is 5.95 Å². The van der Waals surface area contributed by atoms with Crippen LogP contribution in [-0.2, 0) is 4.74 Å². The largest absolute Gasteiger partial charge is 0.373 e. The molecule has 2 saturated heterocycles. The molecule has 0 bridgehead atoms. The Kier molecular flexibility index (Phi) is 4.35. The Labute approximate surface area is 125 Å². The highest BCUT2D eigenvalue weighted by Crippen LogP contribution is 2.26. The zero-order chi connectivity index (χ0) is 14.8. The van der Waals surface area contributed by atoms with Crippen LogP contribution in [0.5, 0.6) is 0 Å². The number of morpholine rings is 1. The van der Waals surface area contributed by atoms with Crippen molar-refractivity contribution in [3.63, 3.8) is 0 Å². The van der Waals surface area contributed by atoms with E-state index in [9.17, 15) is 4.39 Å². The van der Waals surface area contributed by atoms with E-state index in [1.807, 2.05) is 0 Å². The molecule has 0 radical (unpaired) electrons. The molecule has 0 unspecified atom stereocenters. The molecule has 2 aliphatic rings. The quantitative estimate of drug-likeness (QED) is 0.843. The van der Waals surface area contributed by atoms with E-state index in [-0.39, 0.29) is 12.1 Å². The molecule has 2 aliphatic heterocycles. The number of anilines is 1. The van der Waals surface area contributed by atoms with E-state index in [1.54, 1.807) is 0 Å². The lowest BCUT2D eigenvalue weighted by molar-refractivity contribution is 0.0301. The fourth-order valence-electron chi connectivity index (χ4n) is 3.09. The van der Waals surface area contributed by atoms with Crippen LogP contribution in [0.4, 0.5) is 10.3 Å². The number of fused-ring (bicyclic) bond motifs is 1. The van der Waals surface area contributed by atoms with Gasteiger partial charge < -0.3 is 9.64 Å². The smallest absolute Gasteiger partial charge is 0.225 e. The van der Waals surface area contributed by atoms with Gasteiger partial charge in [0.05, 0.1) is 31.1 Å². The van der Waals surface area contributed by atoms with Crippen LogP contribution in [-0.4, -0.2) is 59.8 Å². The lowest BCUT2D eigenvalue weighted by Gasteiger charge is -2.36. The lowest BCUT2D eigenvalue weighted by Crippen LogP contribution is -2.51. The second-order valence-corrected chi connectivity index (χ2v) is 6.31. The van der Waals surface area contributed by atoms with E-state index in [1.165, 1.54) is 18.8 Å². The molecule has 5 nitrogen and oxygen atoms in total. The summed E-state index contributed by atoms with van der Waals surface area (Å²) in [6.07, 6.45) is 3.88. The van der Waals surface area contributed by atoms with Crippen LogP contribution in [0.15, 0.2) is 12.4 Å². The molecular formula is C15H23FN4O. The number of hydrogen-bond acceptors (Lipinski definition) is 5. The summed E-state index contributed by atoms with van der Waals surface area (Å²) >= 11 is 0. The fourth-order valence-corrected chi connectivity index (χ4v) is 3.09. The highest BCUT2D eigenvalue weighted by atomic mass is 19.1. The maximum Gasteiger partial charge on any atom is 0.225 e. The van der Waals surface area contributed by atoms with Crippen molar-refractivity contribution >= 4 is 5.95 Å². The molecule has 21 heavy (non-hydrogen) atoms. The summed E-state index contributed by atoms with van der Waals surface area (Å²) in [6.45, 7) is 8.99. The number of nitrogens with zero attached hydrogens (tertiary/aromatic N) is 4. The van der Waals surface area contributed by atoms with E-state index in [0.29, 0.717) is 18.5 Å². The van der Waals surface area contributed by atoms with E-state index in [4.69, 9.17) is 4.74 Å². The topological polar surface area (TPSA) is 41.5 Å². The van der Waals surface area contributed by atoms with Crippen LogP contribution in [0.1, 0.15) is 20.3 Å². The molecule has 1 aromatic heterocycles. The summed E-state index contributed by atoms with van der Waals surface area (Å²) < 4.78 is 18.9. The van der Waals surface area contributed by atoms with Crippen molar-refractivity contribution in [3.05, 3.63) is 18.2 Å². The van der Waals surface area contributed by atoms with Crippen LogP contribution < -0.4 is 4.90 Å². The SMILES string of the molecule is CC(C)CCN1C[C@@H]2OCCN(c3ncc(F)cn3)[C@@H]2C1. The molecule has 3 rings (SSSR count). The summed E-state index contributed by atoms with van der Waals surface area (Å²) in [7, 11) is 0. The van der Waals surface area contributed by atoms with Crippen LogP contribution in [0.3, 0.4) is 0 Å². The van der Waals surface area contributed by atoms with E-state index in [0.717, 1.165) is 26.2 Å². The first kappa shape index (κ1) is 14.7. The number of rotatable bonds is 4. The molecule has 116 valence electrons. The Morgan fingerprint density at radius 3 is 2.81 bits per heavy atom. The minimum Gasteiger partial charge on any atom is -0.373 e. The molecule has 2 fully saturated rings. The van der Waals surface area contributed by atoms with Gasteiger partial charge in [0.15, 0.2) is 5.82 Å². The summed E-state index contributed by atoms with van der Waals surface area (Å²) in [5, 5.41) is 0. The predicted octanol–water partition coefficient (Wildman–Crippen LogP) is 1.55. The van der Waals surface area contributed by atoms with Crippen molar-refractivity contribution in [1.82, 2.24) is 14.9 Å². The number of hydrogen-bond donors (Lipinski definition) is 0. The molecular weight excluding hydrogens is 271 g/mol. The zero-order valence-corrected chi connectivity index (χ0v) is 12.7. The second kappa shape index (κ2) is 6.23. The zero-order valence-electron chi connectivity index (χ0n) is 12.7. The first-order chi connectivity index (χ1) is 10.1. The van der Waals surface area contributed by atoms with Gasteiger partial charge in [0, 0.05) is 19.6 Å². The van der Waals surface area contributed by atoms with Crippen molar-refractivity contribution in [3.8, 4) is 0 Å². The normalized spacial score (nSPS) is 26.4. The Bertz CT molecular complexity index is 467. The molecule has 6 heteroatoms. The van der Waals surface area contributed by atoms with Gasteiger partial charge in [0.25, 0.3) is 0 Å². The summed E-state index contributed by atoms with van der Waals surface area (Å²) in [5.41, 5.74) is 0.